The Hall–Kier alpha value is -0.120. The molecule has 0 amide bonds. The van der Waals surface area contributed by atoms with Crippen molar-refractivity contribution in [1.29, 1.82) is 0 Å². The minimum atomic E-state index is -0.256. The number of aliphatic hydroxyl groups excluding tert-OH is 1. The van der Waals surface area contributed by atoms with Crippen LogP contribution < -0.4 is 5.32 Å². The van der Waals surface area contributed by atoms with Gasteiger partial charge in [-0.1, -0.05) is 26.2 Å². The molecule has 0 bridgehead atoms. The van der Waals surface area contributed by atoms with Crippen molar-refractivity contribution < 1.29 is 5.11 Å². The fourth-order valence-electron chi connectivity index (χ4n) is 1.63. The van der Waals surface area contributed by atoms with Gasteiger partial charge in [0, 0.05) is 19.1 Å². The molecule has 0 spiro atoms. The van der Waals surface area contributed by atoms with Crippen molar-refractivity contribution in [3.8, 4) is 0 Å². The molecule has 0 aliphatic rings. The summed E-state index contributed by atoms with van der Waals surface area (Å²) in [7, 11) is 3.96. The summed E-state index contributed by atoms with van der Waals surface area (Å²) in [4.78, 5) is 2.01. The second-order valence-electron chi connectivity index (χ2n) is 4.72. The smallest absolute Gasteiger partial charge is 0.0791 e. The summed E-state index contributed by atoms with van der Waals surface area (Å²) in [5, 5.41) is 13.0. The van der Waals surface area contributed by atoms with Crippen LogP contribution >= 0.6 is 0 Å². The summed E-state index contributed by atoms with van der Waals surface area (Å²) in [6, 6.07) is 0.522. The molecule has 0 rings (SSSR count). The van der Waals surface area contributed by atoms with Gasteiger partial charge in [-0.15, -0.1) is 0 Å². The van der Waals surface area contributed by atoms with Gasteiger partial charge in [-0.05, 0) is 27.4 Å². The topological polar surface area (TPSA) is 35.5 Å². The van der Waals surface area contributed by atoms with Gasteiger partial charge in [-0.3, -0.25) is 0 Å². The number of hydrogen-bond donors (Lipinski definition) is 2. The predicted octanol–water partition coefficient (Wildman–Crippen LogP) is 1.47. The summed E-state index contributed by atoms with van der Waals surface area (Å²) in [6.07, 6.45) is 4.83. The van der Waals surface area contributed by atoms with Crippen molar-refractivity contribution in [2.75, 3.05) is 27.2 Å². The molecule has 0 saturated heterocycles. The van der Waals surface area contributed by atoms with Gasteiger partial charge in [0.25, 0.3) is 0 Å². The molecule has 0 aliphatic carbocycles. The second-order valence-corrected chi connectivity index (χ2v) is 4.72. The molecule has 0 aromatic rings. The predicted molar refractivity (Wildman–Crippen MR) is 66.2 cm³/mol. The van der Waals surface area contributed by atoms with E-state index in [4.69, 9.17) is 0 Å². The van der Waals surface area contributed by atoms with Gasteiger partial charge < -0.3 is 15.3 Å². The zero-order chi connectivity index (χ0) is 11.7. The van der Waals surface area contributed by atoms with Crippen LogP contribution in [-0.2, 0) is 0 Å². The Labute approximate surface area is 94.9 Å². The average molecular weight is 216 g/mol. The van der Waals surface area contributed by atoms with Crippen molar-refractivity contribution in [3.05, 3.63) is 0 Å². The van der Waals surface area contributed by atoms with E-state index in [0.29, 0.717) is 12.6 Å². The number of rotatable bonds is 9. The van der Waals surface area contributed by atoms with E-state index in [9.17, 15) is 5.11 Å². The van der Waals surface area contributed by atoms with Crippen LogP contribution in [0, 0.1) is 0 Å². The van der Waals surface area contributed by atoms with Crippen LogP contribution in [0.5, 0.6) is 0 Å². The highest BCUT2D eigenvalue weighted by Crippen LogP contribution is 2.02. The Kier molecular flexibility index (Phi) is 9.06. The highest BCUT2D eigenvalue weighted by molar-refractivity contribution is 4.67. The van der Waals surface area contributed by atoms with Gasteiger partial charge in [-0.25, -0.2) is 0 Å². The van der Waals surface area contributed by atoms with Crippen LogP contribution in [-0.4, -0.2) is 49.3 Å². The third kappa shape index (κ3) is 10.2. The lowest BCUT2D eigenvalue weighted by molar-refractivity contribution is 0.131. The highest BCUT2D eigenvalue weighted by atomic mass is 16.3. The molecule has 2 unspecified atom stereocenters. The quantitative estimate of drug-likeness (QED) is 0.573. The Morgan fingerprint density at radius 3 is 2.47 bits per heavy atom. The molecule has 0 aromatic heterocycles. The molecule has 2 atom stereocenters. The summed E-state index contributed by atoms with van der Waals surface area (Å²) in [5.74, 6) is 0. The van der Waals surface area contributed by atoms with E-state index in [-0.39, 0.29) is 6.10 Å². The van der Waals surface area contributed by atoms with Crippen LogP contribution in [0.4, 0.5) is 0 Å². The van der Waals surface area contributed by atoms with E-state index >= 15 is 0 Å². The van der Waals surface area contributed by atoms with Crippen LogP contribution in [0.1, 0.15) is 39.5 Å². The third-order valence-electron chi connectivity index (χ3n) is 2.52. The molecule has 0 aliphatic heterocycles. The molecule has 92 valence electrons. The van der Waals surface area contributed by atoms with Gasteiger partial charge in [0.2, 0.25) is 0 Å². The van der Waals surface area contributed by atoms with E-state index in [2.05, 4.69) is 19.2 Å². The molecule has 0 aromatic carbocycles. The largest absolute Gasteiger partial charge is 0.390 e. The van der Waals surface area contributed by atoms with Crippen molar-refractivity contribution in [2.45, 2.75) is 51.7 Å². The molecule has 0 saturated carbocycles. The fraction of sp³-hybridized carbons (Fsp3) is 1.00. The van der Waals surface area contributed by atoms with Crippen molar-refractivity contribution in [2.24, 2.45) is 0 Å². The number of hydrogen-bond acceptors (Lipinski definition) is 3. The molecular formula is C12H28N2O. The normalized spacial score (nSPS) is 15.6. The maximum absolute atomic E-state index is 9.64. The van der Waals surface area contributed by atoms with Crippen molar-refractivity contribution in [3.63, 3.8) is 0 Å². The van der Waals surface area contributed by atoms with Gasteiger partial charge in [0.15, 0.2) is 0 Å². The van der Waals surface area contributed by atoms with Gasteiger partial charge in [-0.2, -0.15) is 0 Å². The SMILES string of the molecule is CCCCCC(C)NCC(O)CN(C)C. The number of likely N-dealkylation sites (N-methyl/N-ethyl adjacent to an activating group) is 1. The fourth-order valence-corrected chi connectivity index (χ4v) is 1.63. The molecule has 15 heavy (non-hydrogen) atoms. The van der Waals surface area contributed by atoms with Crippen molar-refractivity contribution in [1.82, 2.24) is 10.2 Å². The maximum Gasteiger partial charge on any atom is 0.0791 e. The van der Waals surface area contributed by atoms with Crippen LogP contribution in [0.15, 0.2) is 0 Å². The third-order valence-corrected chi connectivity index (χ3v) is 2.52. The van der Waals surface area contributed by atoms with E-state index < -0.39 is 0 Å². The average Bonchev–Trinajstić information content (AvgIpc) is 2.14. The second kappa shape index (κ2) is 9.13. The van der Waals surface area contributed by atoms with E-state index in [1.807, 2.05) is 19.0 Å². The summed E-state index contributed by atoms with van der Waals surface area (Å²) in [6.45, 7) is 5.84. The molecular weight excluding hydrogens is 188 g/mol. The zero-order valence-electron chi connectivity index (χ0n) is 10.8. The first-order valence-electron chi connectivity index (χ1n) is 6.12. The molecule has 3 nitrogen and oxygen atoms in total. The summed E-state index contributed by atoms with van der Waals surface area (Å²) >= 11 is 0. The van der Waals surface area contributed by atoms with Crippen LogP contribution in [0.2, 0.25) is 0 Å². The van der Waals surface area contributed by atoms with E-state index in [1.54, 1.807) is 0 Å². The van der Waals surface area contributed by atoms with E-state index in [0.717, 1.165) is 6.54 Å². The minimum absolute atomic E-state index is 0.256. The lowest BCUT2D eigenvalue weighted by atomic mass is 10.1. The molecule has 0 radical (unpaired) electrons. The zero-order valence-corrected chi connectivity index (χ0v) is 10.8. The standard InChI is InChI=1S/C12H28N2O/c1-5-6-7-8-11(2)13-9-12(15)10-14(3)4/h11-13,15H,5-10H2,1-4H3. The summed E-state index contributed by atoms with van der Waals surface area (Å²) < 4.78 is 0. The number of nitrogens with one attached hydrogen (secondary N) is 1. The number of nitrogens with zero attached hydrogens (tertiary/aromatic N) is 1. The van der Waals surface area contributed by atoms with Crippen molar-refractivity contribution >= 4 is 0 Å². The van der Waals surface area contributed by atoms with Crippen LogP contribution in [0.25, 0.3) is 0 Å². The Balaban J connectivity index is 3.39. The molecule has 2 N–H and O–H groups in total. The van der Waals surface area contributed by atoms with Gasteiger partial charge >= 0.3 is 0 Å². The Morgan fingerprint density at radius 1 is 1.27 bits per heavy atom. The van der Waals surface area contributed by atoms with Gasteiger partial charge in [0.1, 0.15) is 0 Å². The van der Waals surface area contributed by atoms with E-state index in [1.165, 1.54) is 25.7 Å². The monoisotopic (exact) mass is 216 g/mol. The Bertz CT molecular complexity index is 140. The first-order chi connectivity index (χ1) is 7.06. The van der Waals surface area contributed by atoms with Gasteiger partial charge in [0.05, 0.1) is 6.10 Å². The molecule has 0 heterocycles. The summed E-state index contributed by atoms with van der Waals surface area (Å²) in [5.41, 5.74) is 0. The lowest BCUT2D eigenvalue weighted by Gasteiger charge is -2.19. The minimum Gasteiger partial charge on any atom is -0.390 e. The van der Waals surface area contributed by atoms with Crippen LogP contribution in [0.3, 0.4) is 0 Å². The lowest BCUT2D eigenvalue weighted by Crippen LogP contribution is -2.38. The first-order valence-corrected chi connectivity index (χ1v) is 6.12. The Morgan fingerprint density at radius 2 is 1.93 bits per heavy atom. The maximum atomic E-state index is 9.64. The molecule has 3 heteroatoms. The molecule has 0 fully saturated rings. The highest BCUT2D eigenvalue weighted by Gasteiger charge is 2.07. The number of aliphatic hydroxyl groups is 1. The first kappa shape index (κ1) is 14.9. The number of unbranched alkanes of at least 4 members (excludes halogenated alkanes) is 2.